The molecule has 110 valence electrons. The van der Waals surface area contributed by atoms with E-state index in [0.717, 1.165) is 17.8 Å². The number of hydrogen-bond acceptors (Lipinski definition) is 2. The van der Waals surface area contributed by atoms with Crippen molar-refractivity contribution in [2.24, 2.45) is 5.10 Å². The van der Waals surface area contributed by atoms with Crippen LogP contribution in [0.1, 0.15) is 41.5 Å². The fourth-order valence-electron chi connectivity index (χ4n) is 3.35. The Labute approximate surface area is 131 Å². The summed E-state index contributed by atoms with van der Waals surface area (Å²) in [6, 6.07) is 15.1. The van der Waals surface area contributed by atoms with Gasteiger partial charge in [0.1, 0.15) is 0 Å². The van der Waals surface area contributed by atoms with E-state index >= 15 is 0 Å². The highest BCUT2D eigenvalue weighted by Crippen LogP contribution is 2.25. The Morgan fingerprint density at radius 3 is 2.73 bits per heavy atom. The summed E-state index contributed by atoms with van der Waals surface area (Å²) >= 11 is 0. The fourth-order valence-corrected chi connectivity index (χ4v) is 3.35. The minimum absolute atomic E-state index is 0.884. The molecule has 0 bridgehead atoms. The van der Waals surface area contributed by atoms with Crippen LogP contribution in [0, 0.1) is 0 Å². The molecule has 2 aliphatic carbocycles. The van der Waals surface area contributed by atoms with E-state index in [2.05, 4.69) is 65.1 Å². The van der Waals surface area contributed by atoms with Crippen molar-refractivity contribution in [1.29, 1.82) is 0 Å². The largest absolute Gasteiger partial charge is 0.278 e. The molecule has 0 saturated carbocycles. The number of allylic oxidation sites excluding steroid dienone is 1. The van der Waals surface area contributed by atoms with E-state index < -0.39 is 0 Å². The predicted octanol–water partition coefficient (Wildman–Crippen LogP) is 4.80. The van der Waals surface area contributed by atoms with E-state index in [-0.39, 0.29) is 0 Å². The number of nitrogens with one attached hydrogen (secondary N) is 1. The van der Waals surface area contributed by atoms with Crippen LogP contribution in [0.5, 0.6) is 0 Å². The molecule has 0 aliphatic heterocycles. The highest BCUT2D eigenvalue weighted by molar-refractivity contribution is 6.06. The van der Waals surface area contributed by atoms with Crippen LogP contribution >= 0.6 is 0 Å². The smallest absolute Gasteiger partial charge is 0.0723 e. The zero-order valence-corrected chi connectivity index (χ0v) is 12.7. The SMILES string of the molecule is C1=Cc2ccccc2/C(=N\Nc2ccc3c(c2)CCCC3)C1. The molecule has 0 aromatic heterocycles. The second-order valence-electron chi connectivity index (χ2n) is 6.05. The Bertz CT molecular complexity index is 756. The predicted molar refractivity (Wildman–Crippen MR) is 93.3 cm³/mol. The van der Waals surface area contributed by atoms with Crippen LogP contribution in [0.3, 0.4) is 0 Å². The van der Waals surface area contributed by atoms with Crippen LogP contribution in [-0.4, -0.2) is 5.71 Å². The standard InChI is InChI=1S/C20H20N2/c1-2-8-17-14-18(13-12-15(17)6-1)21-22-20-11-5-9-16-7-3-4-10-19(16)20/h3-5,7,9-10,12-14,21H,1-2,6,8,11H2/b22-20-. The Kier molecular flexibility index (Phi) is 3.51. The first-order valence-corrected chi connectivity index (χ1v) is 8.10. The summed E-state index contributed by atoms with van der Waals surface area (Å²) < 4.78 is 0. The van der Waals surface area contributed by atoms with Crippen LogP contribution < -0.4 is 5.43 Å². The number of hydrazone groups is 1. The maximum Gasteiger partial charge on any atom is 0.0723 e. The topological polar surface area (TPSA) is 24.4 Å². The van der Waals surface area contributed by atoms with Crippen molar-refractivity contribution < 1.29 is 0 Å². The first kappa shape index (κ1) is 13.3. The Balaban J connectivity index is 1.58. The van der Waals surface area contributed by atoms with Gasteiger partial charge in [0, 0.05) is 12.0 Å². The zero-order valence-electron chi connectivity index (χ0n) is 12.7. The maximum absolute atomic E-state index is 4.66. The number of benzene rings is 2. The second-order valence-corrected chi connectivity index (χ2v) is 6.05. The molecule has 2 nitrogen and oxygen atoms in total. The van der Waals surface area contributed by atoms with Crippen molar-refractivity contribution in [1.82, 2.24) is 0 Å². The van der Waals surface area contributed by atoms with Crippen molar-refractivity contribution in [3.05, 3.63) is 70.8 Å². The molecule has 2 aromatic carbocycles. The van der Waals surface area contributed by atoms with Gasteiger partial charge in [-0.25, -0.2) is 0 Å². The van der Waals surface area contributed by atoms with Crippen LogP contribution in [-0.2, 0) is 12.8 Å². The van der Waals surface area contributed by atoms with E-state index in [1.807, 2.05) is 0 Å². The number of fused-ring (bicyclic) bond motifs is 2. The lowest BCUT2D eigenvalue weighted by Crippen LogP contribution is -2.09. The number of hydrogen-bond donors (Lipinski definition) is 1. The summed E-state index contributed by atoms with van der Waals surface area (Å²) in [5.41, 5.74) is 10.9. The normalized spacial score (nSPS) is 17.9. The average Bonchev–Trinajstić information content (AvgIpc) is 2.60. The molecule has 0 unspecified atom stereocenters. The first-order valence-electron chi connectivity index (χ1n) is 8.10. The molecule has 2 heteroatoms. The molecule has 0 heterocycles. The summed E-state index contributed by atoms with van der Waals surface area (Å²) in [5.74, 6) is 0. The molecule has 0 amide bonds. The van der Waals surface area contributed by atoms with Gasteiger partial charge in [-0.15, -0.1) is 0 Å². The molecular formula is C20H20N2. The van der Waals surface area contributed by atoms with Crippen molar-refractivity contribution >= 4 is 17.5 Å². The molecule has 0 radical (unpaired) electrons. The van der Waals surface area contributed by atoms with E-state index in [9.17, 15) is 0 Å². The number of anilines is 1. The van der Waals surface area contributed by atoms with E-state index in [1.165, 1.54) is 47.9 Å². The van der Waals surface area contributed by atoms with Gasteiger partial charge in [-0.2, -0.15) is 5.10 Å². The Hall–Kier alpha value is -2.35. The van der Waals surface area contributed by atoms with Crippen LogP contribution in [0.25, 0.3) is 6.08 Å². The number of rotatable bonds is 2. The molecule has 0 fully saturated rings. The molecule has 0 saturated heterocycles. The van der Waals surface area contributed by atoms with Gasteiger partial charge in [0.15, 0.2) is 0 Å². The second kappa shape index (κ2) is 5.80. The lowest BCUT2D eigenvalue weighted by atomic mass is 9.91. The van der Waals surface area contributed by atoms with Gasteiger partial charge in [-0.3, -0.25) is 5.43 Å². The van der Waals surface area contributed by atoms with Crippen LogP contribution in [0.15, 0.2) is 53.6 Å². The summed E-state index contributed by atoms with van der Waals surface area (Å²) in [7, 11) is 0. The summed E-state index contributed by atoms with van der Waals surface area (Å²) in [6.07, 6.45) is 10.3. The van der Waals surface area contributed by atoms with Crippen molar-refractivity contribution in [3.8, 4) is 0 Å². The third kappa shape index (κ3) is 2.57. The Morgan fingerprint density at radius 2 is 1.77 bits per heavy atom. The lowest BCUT2D eigenvalue weighted by Gasteiger charge is -2.17. The molecule has 0 spiro atoms. The van der Waals surface area contributed by atoms with Crippen molar-refractivity contribution in [3.63, 3.8) is 0 Å². The van der Waals surface area contributed by atoms with Crippen molar-refractivity contribution in [2.45, 2.75) is 32.1 Å². The summed E-state index contributed by atoms with van der Waals surface area (Å²) in [4.78, 5) is 0. The van der Waals surface area contributed by atoms with Gasteiger partial charge >= 0.3 is 0 Å². The first-order chi connectivity index (χ1) is 10.9. The molecule has 22 heavy (non-hydrogen) atoms. The third-order valence-electron chi connectivity index (χ3n) is 4.55. The van der Waals surface area contributed by atoms with Gasteiger partial charge in [0.2, 0.25) is 0 Å². The highest BCUT2D eigenvalue weighted by Gasteiger charge is 2.11. The van der Waals surface area contributed by atoms with E-state index in [0.29, 0.717) is 0 Å². The number of nitrogens with zero attached hydrogens (tertiary/aromatic N) is 1. The summed E-state index contributed by atoms with van der Waals surface area (Å²) in [6.45, 7) is 0. The molecule has 4 rings (SSSR count). The van der Waals surface area contributed by atoms with Gasteiger partial charge < -0.3 is 0 Å². The van der Waals surface area contributed by atoms with Gasteiger partial charge in [-0.1, -0.05) is 42.5 Å². The van der Waals surface area contributed by atoms with E-state index in [4.69, 9.17) is 0 Å². The summed E-state index contributed by atoms with van der Waals surface area (Å²) in [5, 5.41) is 4.66. The minimum Gasteiger partial charge on any atom is -0.278 e. The molecule has 2 aliphatic rings. The highest BCUT2D eigenvalue weighted by atomic mass is 15.3. The lowest BCUT2D eigenvalue weighted by molar-refractivity contribution is 0.686. The van der Waals surface area contributed by atoms with Crippen LogP contribution in [0.2, 0.25) is 0 Å². The fraction of sp³-hybridized carbons (Fsp3) is 0.250. The Morgan fingerprint density at radius 1 is 0.909 bits per heavy atom. The van der Waals surface area contributed by atoms with Gasteiger partial charge in [-0.05, 0) is 54.5 Å². The zero-order chi connectivity index (χ0) is 14.8. The van der Waals surface area contributed by atoms with Crippen LogP contribution in [0.4, 0.5) is 5.69 Å². The molecule has 1 N–H and O–H groups in total. The van der Waals surface area contributed by atoms with Gasteiger partial charge in [0.25, 0.3) is 0 Å². The monoisotopic (exact) mass is 288 g/mol. The molecular weight excluding hydrogens is 268 g/mol. The van der Waals surface area contributed by atoms with E-state index in [1.54, 1.807) is 0 Å². The number of aryl methyl sites for hydroxylation is 2. The maximum atomic E-state index is 4.66. The average molecular weight is 288 g/mol. The molecule has 2 aromatic rings. The third-order valence-corrected chi connectivity index (χ3v) is 4.55. The van der Waals surface area contributed by atoms with Crippen molar-refractivity contribution in [2.75, 3.05) is 5.43 Å². The quantitative estimate of drug-likeness (QED) is 0.789. The minimum atomic E-state index is 0.884. The van der Waals surface area contributed by atoms with Gasteiger partial charge in [0.05, 0.1) is 11.4 Å². The molecule has 0 atom stereocenters.